The van der Waals surface area contributed by atoms with Crippen molar-refractivity contribution in [1.82, 2.24) is 15.1 Å². The molecule has 0 aliphatic carbocycles. The van der Waals surface area contributed by atoms with Gasteiger partial charge in [0.25, 0.3) is 0 Å². The van der Waals surface area contributed by atoms with Crippen LogP contribution in [0.15, 0.2) is 17.5 Å². The topological polar surface area (TPSA) is 35.6 Å². The zero-order valence-electron chi connectivity index (χ0n) is 12.9. The maximum atomic E-state index is 12.7. The van der Waals surface area contributed by atoms with Gasteiger partial charge in [-0.15, -0.1) is 11.3 Å². The third-order valence-electron chi connectivity index (χ3n) is 4.61. The number of thiophene rings is 1. The van der Waals surface area contributed by atoms with Crippen LogP contribution in [0.1, 0.15) is 44.2 Å². The minimum Gasteiger partial charge on any atom is -0.317 e. The van der Waals surface area contributed by atoms with Gasteiger partial charge in [0.15, 0.2) is 0 Å². The van der Waals surface area contributed by atoms with Crippen molar-refractivity contribution in [2.75, 3.05) is 19.6 Å². The Kier molecular flexibility index (Phi) is 4.62. The zero-order chi connectivity index (χ0) is 14.8. The van der Waals surface area contributed by atoms with E-state index in [9.17, 15) is 4.79 Å². The first-order chi connectivity index (χ1) is 10.2. The van der Waals surface area contributed by atoms with Gasteiger partial charge in [-0.2, -0.15) is 0 Å². The molecule has 1 amide bonds. The van der Waals surface area contributed by atoms with E-state index < -0.39 is 0 Å². The fourth-order valence-electron chi connectivity index (χ4n) is 3.51. The molecule has 116 valence electrons. The lowest BCUT2D eigenvalue weighted by atomic mass is 10.2. The monoisotopic (exact) mass is 307 g/mol. The third-order valence-corrected chi connectivity index (χ3v) is 5.53. The fourth-order valence-corrected chi connectivity index (χ4v) is 4.29. The van der Waals surface area contributed by atoms with Crippen LogP contribution >= 0.6 is 11.3 Å². The van der Waals surface area contributed by atoms with Crippen LogP contribution < -0.4 is 5.32 Å². The van der Waals surface area contributed by atoms with Gasteiger partial charge in [0.2, 0.25) is 5.91 Å². The molecule has 3 rings (SSSR count). The number of nitrogens with one attached hydrogen (secondary N) is 1. The third kappa shape index (κ3) is 3.00. The van der Waals surface area contributed by atoms with E-state index in [1.54, 1.807) is 11.3 Å². The molecule has 1 aromatic heterocycles. The lowest BCUT2D eigenvalue weighted by molar-refractivity contribution is -0.132. The summed E-state index contributed by atoms with van der Waals surface area (Å²) in [5.41, 5.74) is 0. The average molecular weight is 307 g/mol. The van der Waals surface area contributed by atoms with Crippen LogP contribution in [0.2, 0.25) is 0 Å². The van der Waals surface area contributed by atoms with Gasteiger partial charge in [-0.1, -0.05) is 13.0 Å². The Bertz CT molecular complexity index is 470. The number of hydrogen-bond acceptors (Lipinski definition) is 4. The highest BCUT2D eigenvalue weighted by molar-refractivity contribution is 7.10. The SMILES string of the molecule is CCC1NC(c2cccs2)N(C(C)CN2CCCC2)C1=O. The van der Waals surface area contributed by atoms with Crippen molar-refractivity contribution in [2.24, 2.45) is 0 Å². The second-order valence-corrected chi connectivity index (χ2v) is 7.13. The number of hydrogen-bond donors (Lipinski definition) is 1. The van der Waals surface area contributed by atoms with Crippen LogP contribution in [0, 0.1) is 0 Å². The molecule has 0 spiro atoms. The first kappa shape index (κ1) is 15.0. The molecule has 3 unspecified atom stereocenters. The first-order valence-corrected chi connectivity index (χ1v) is 8.92. The van der Waals surface area contributed by atoms with Gasteiger partial charge in [0.05, 0.1) is 6.04 Å². The highest BCUT2D eigenvalue weighted by Crippen LogP contribution is 2.31. The molecule has 0 radical (unpaired) electrons. The van der Waals surface area contributed by atoms with Crippen LogP contribution in [0.5, 0.6) is 0 Å². The summed E-state index contributed by atoms with van der Waals surface area (Å²) in [6.07, 6.45) is 3.50. The summed E-state index contributed by atoms with van der Waals surface area (Å²) in [6.45, 7) is 7.62. The van der Waals surface area contributed by atoms with E-state index in [2.05, 4.69) is 46.5 Å². The standard InChI is InChI=1S/C16H25N3OS/c1-3-13-16(20)19(12(2)11-18-8-4-5-9-18)15(17-13)14-7-6-10-21-14/h6-7,10,12-13,15,17H,3-5,8-9,11H2,1-2H3. The summed E-state index contributed by atoms with van der Waals surface area (Å²) >= 11 is 1.73. The molecule has 3 atom stereocenters. The van der Waals surface area contributed by atoms with Crippen molar-refractivity contribution in [2.45, 2.75) is 51.4 Å². The number of carbonyl (C=O) groups is 1. The van der Waals surface area contributed by atoms with Crippen LogP contribution in [-0.4, -0.2) is 47.4 Å². The van der Waals surface area contributed by atoms with E-state index in [4.69, 9.17) is 0 Å². The van der Waals surface area contributed by atoms with E-state index in [1.807, 2.05) is 0 Å². The molecule has 5 heteroatoms. The Hall–Kier alpha value is -0.910. The van der Waals surface area contributed by atoms with Gasteiger partial charge in [-0.3, -0.25) is 10.1 Å². The molecule has 1 aromatic rings. The van der Waals surface area contributed by atoms with Crippen molar-refractivity contribution >= 4 is 17.2 Å². The molecule has 2 aliphatic heterocycles. The van der Waals surface area contributed by atoms with Crippen LogP contribution in [0.3, 0.4) is 0 Å². The molecule has 3 heterocycles. The Labute approximate surface area is 131 Å². The minimum atomic E-state index is -0.0295. The van der Waals surface area contributed by atoms with E-state index in [1.165, 1.54) is 30.8 Å². The summed E-state index contributed by atoms with van der Waals surface area (Å²) in [5.74, 6) is 0.266. The normalized spacial score (nSPS) is 28.5. The average Bonchev–Trinajstić information content (AvgIpc) is 3.17. The van der Waals surface area contributed by atoms with E-state index in [0.717, 1.165) is 13.0 Å². The fraction of sp³-hybridized carbons (Fsp3) is 0.688. The Morgan fingerprint density at radius 3 is 2.81 bits per heavy atom. The molecule has 21 heavy (non-hydrogen) atoms. The van der Waals surface area contributed by atoms with Crippen molar-refractivity contribution in [3.8, 4) is 0 Å². The summed E-state index contributed by atoms with van der Waals surface area (Å²) in [4.78, 5) is 18.5. The molecule has 4 nitrogen and oxygen atoms in total. The van der Waals surface area contributed by atoms with Gasteiger partial charge in [-0.25, -0.2) is 0 Å². The molecular formula is C16H25N3OS. The smallest absolute Gasteiger partial charge is 0.241 e. The lowest BCUT2D eigenvalue weighted by Gasteiger charge is -2.32. The second kappa shape index (κ2) is 6.46. The predicted molar refractivity (Wildman–Crippen MR) is 86.3 cm³/mol. The minimum absolute atomic E-state index is 0.0295. The maximum Gasteiger partial charge on any atom is 0.241 e. The van der Waals surface area contributed by atoms with Crippen LogP contribution in [0.4, 0.5) is 0 Å². The molecule has 0 bridgehead atoms. The molecule has 0 saturated carbocycles. The molecule has 2 aliphatic rings. The van der Waals surface area contributed by atoms with E-state index in [0.29, 0.717) is 0 Å². The number of likely N-dealkylation sites (tertiary alicyclic amines) is 1. The quantitative estimate of drug-likeness (QED) is 0.907. The Morgan fingerprint density at radius 1 is 1.43 bits per heavy atom. The summed E-state index contributed by atoms with van der Waals surface area (Å²) < 4.78 is 0. The second-order valence-electron chi connectivity index (χ2n) is 6.15. The highest BCUT2D eigenvalue weighted by atomic mass is 32.1. The van der Waals surface area contributed by atoms with Crippen LogP contribution in [-0.2, 0) is 4.79 Å². The first-order valence-electron chi connectivity index (χ1n) is 8.04. The number of nitrogens with zero attached hydrogens (tertiary/aromatic N) is 2. The van der Waals surface area contributed by atoms with Gasteiger partial charge in [-0.05, 0) is 50.7 Å². The largest absolute Gasteiger partial charge is 0.317 e. The van der Waals surface area contributed by atoms with Crippen molar-refractivity contribution < 1.29 is 4.79 Å². The Balaban J connectivity index is 1.76. The van der Waals surface area contributed by atoms with Gasteiger partial charge in [0, 0.05) is 17.5 Å². The molecule has 0 aromatic carbocycles. The number of rotatable bonds is 5. The molecule has 2 saturated heterocycles. The van der Waals surface area contributed by atoms with Crippen molar-refractivity contribution in [3.63, 3.8) is 0 Å². The van der Waals surface area contributed by atoms with Gasteiger partial charge >= 0.3 is 0 Å². The van der Waals surface area contributed by atoms with Crippen LogP contribution in [0.25, 0.3) is 0 Å². The maximum absolute atomic E-state index is 12.7. The lowest BCUT2D eigenvalue weighted by Crippen LogP contribution is -2.44. The summed E-state index contributed by atoms with van der Waals surface area (Å²) in [7, 11) is 0. The highest BCUT2D eigenvalue weighted by Gasteiger charge is 2.41. The summed E-state index contributed by atoms with van der Waals surface area (Å²) in [5, 5.41) is 5.60. The predicted octanol–water partition coefficient (Wildman–Crippen LogP) is 2.44. The van der Waals surface area contributed by atoms with E-state index in [-0.39, 0.29) is 24.2 Å². The zero-order valence-corrected chi connectivity index (χ0v) is 13.7. The Morgan fingerprint density at radius 2 is 2.19 bits per heavy atom. The summed E-state index contributed by atoms with van der Waals surface area (Å²) in [6, 6.07) is 4.42. The van der Waals surface area contributed by atoms with E-state index >= 15 is 0 Å². The number of carbonyl (C=O) groups excluding carboxylic acids is 1. The molecule has 1 N–H and O–H groups in total. The van der Waals surface area contributed by atoms with Crippen molar-refractivity contribution in [3.05, 3.63) is 22.4 Å². The molecule has 2 fully saturated rings. The molecular weight excluding hydrogens is 282 g/mol. The van der Waals surface area contributed by atoms with Gasteiger partial charge < -0.3 is 9.80 Å². The van der Waals surface area contributed by atoms with Crippen molar-refractivity contribution in [1.29, 1.82) is 0 Å². The number of amides is 1. The van der Waals surface area contributed by atoms with Gasteiger partial charge in [0.1, 0.15) is 6.17 Å².